The number of nitrogens with zero attached hydrogens (tertiary/aromatic N) is 5. The van der Waals surface area contributed by atoms with Crippen LogP contribution in [-0.2, 0) is 17.6 Å². The normalized spacial score (nSPS) is 14.6. The Morgan fingerprint density at radius 3 is 2.56 bits per heavy atom. The van der Waals surface area contributed by atoms with E-state index in [0.717, 1.165) is 25.8 Å². The minimum Gasteiger partial charge on any atom is -0.616 e. The summed E-state index contributed by atoms with van der Waals surface area (Å²) in [4.78, 5) is 20.3. The summed E-state index contributed by atoms with van der Waals surface area (Å²) in [6, 6.07) is 10.5. The van der Waals surface area contributed by atoms with Gasteiger partial charge >= 0.3 is 0 Å². The van der Waals surface area contributed by atoms with Crippen LogP contribution in [-0.4, -0.2) is 73.9 Å². The van der Waals surface area contributed by atoms with Gasteiger partial charge in [0.2, 0.25) is 5.95 Å². The smallest absolute Gasteiger partial charge is 0.225 e. The van der Waals surface area contributed by atoms with E-state index in [1.165, 1.54) is 11.9 Å². The number of aliphatic hydroxyl groups excluding tert-OH is 1. The van der Waals surface area contributed by atoms with Crippen molar-refractivity contribution in [2.75, 3.05) is 59.8 Å². The third-order valence-corrected chi connectivity index (χ3v) is 6.64. The van der Waals surface area contributed by atoms with Crippen LogP contribution in [0, 0.1) is 0 Å². The zero-order chi connectivity index (χ0) is 22.2. The molecule has 0 bridgehead atoms. The molecule has 0 amide bonds. The summed E-state index contributed by atoms with van der Waals surface area (Å²) in [5, 5.41) is 15.7. The third kappa shape index (κ3) is 5.76. The molecule has 2 aromatic heterocycles. The molecule has 0 saturated carbocycles. The van der Waals surface area contributed by atoms with Crippen molar-refractivity contribution in [2.24, 2.45) is 0 Å². The average molecular weight is 456 g/mol. The van der Waals surface area contributed by atoms with Crippen molar-refractivity contribution >= 4 is 39.8 Å². The van der Waals surface area contributed by atoms with E-state index in [4.69, 9.17) is 0 Å². The molecule has 1 aromatic carbocycles. The molecule has 0 aliphatic carbocycles. The largest absolute Gasteiger partial charge is 0.616 e. The molecule has 4 rings (SSSR count). The number of fused-ring (bicyclic) bond motifs is 1. The second-order valence-electron chi connectivity index (χ2n) is 7.65. The zero-order valence-corrected chi connectivity index (χ0v) is 18.9. The van der Waals surface area contributed by atoms with E-state index >= 15 is 0 Å². The standard InChI is InChI=1S/C22H29N7O2S/c30-13-10-24-22-27-18-19(21(28-22)29-11-14-32(31)15-12-29)25-16-26-20(18)23-9-5-4-8-17-6-2-1-3-7-17/h1-3,6-7,16,30H,4-5,8-15H2,(H,23,25,26)(H,24,27,28). The molecule has 1 fully saturated rings. The molecule has 32 heavy (non-hydrogen) atoms. The molecule has 10 heteroatoms. The Bertz CT molecular complexity index is 1000. The van der Waals surface area contributed by atoms with E-state index < -0.39 is 11.2 Å². The van der Waals surface area contributed by atoms with Crippen LogP contribution < -0.4 is 15.5 Å². The topological polar surface area (TPSA) is 122 Å². The van der Waals surface area contributed by atoms with E-state index in [-0.39, 0.29) is 6.61 Å². The molecule has 1 saturated heterocycles. The Labute approximate surface area is 190 Å². The summed E-state index contributed by atoms with van der Waals surface area (Å²) in [6.07, 6.45) is 4.66. The van der Waals surface area contributed by atoms with Crippen molar-refractivity contribution in [3.63, 3.8) is 0 Å². The molecular formula is C22H29N7O2S. The Morgan fingerprint density at radius 2 is 1.78 bits per heavy atom. The molecule has 1 aliphatic rings. The maximum Gasteiger partial charge on any atom is 0.225 e. The number of aromatic nitrogens is 4. The first kappa shape index (κ1) is 22.5. The van der Waals surface area contributed by atoms with Crippen LogP contribution in [0.5, 0.6) is 0 Å². The van der Waals surface area contributed by atoms with E-state index in [1.54, 1.807) is 0 Å². The quantitative estimate of drug-likeness (QED) is 0.310. The van der Waals surface area contributed by atoms with Gasteiger partial charge in [0.1, 0.15) is 28.9 Å². The summed E-state index contributed by atoms with van der Waals surface area (Å²) in [5.74, 6) is 3.04. The average Bonchev–Trinajstić information content (AvgIpc) is 2.83. The molecular weight excluding hydrogens is 426 g/mol. The monoisotopic (exact) mass is 455 g/mol. The van der Waals surface area contributed by atoms with Crippen LogP contribution in [0.1, 0.15) is 18.4 Å². The van der Waals surface area contributed by atoms with Gasteiger partial charge in [0.15, 0.2) is 11.6 Å². The summed E-state index contributed by atoms with van der Waals surface area (Å²) in [7, 11) is 0. The van der Waals surface area contributed by atoms with Gasteiger partial charge in [-0.1, -0.05) is 41.5 Å². The number of rotatable bonds is 10. The molecule has 3 aromatic rings. The van der Waals surface area contributed by atoms with Gasteiger partial charge in [-0.2, -0.15) is 4.98 Å². The highest BCUT2D eigenvalue weighted by molar-refractivity contribution is 7.91. The predicted molar refractivity (Wildman–Crippen MR) is 129 cm³/mol. The zero-order valence-electron chi connectivity index (χ0n) is 18.0. The second-order valence-corrected chi connectivity index (χ2v) is 9.34. The summed E-state index contributed by atoms with van der Waals surface area (Å²) < 4.78 is 11.8. The maximum atomic E-state index is 11.8. The fourth-order valence-electron chi connectivity index (χ4n) is 3.68. The maximum absolute atomic E-state index is 11.8. The Hall–Kier alpha value is -2.69. The molecule has 0 atom stereocenters. The van der Waals surface area contributed by atoms with Gasteiger partial charge in [-0.3, -0.25) is 0 Å². The molecule has 1 aliphatic heterocycles. The lowest BCUT2D eigenvalue weighted by Crippen LogP contribution is -2.41. The van der Waals surface area contributed by atoms with Crippen molar-refractivity contribution in [1.82, 2.24) is 19.9 Å². The number of anilines is 3. The van der Waals surface area contributed by atoms with Crippen LogP contribution in [0.4, 0.5) is 17.6 Å². The first-order valence-electron chi connectivity index (χ1n) is 11.0. The highest BCUT2D eigenvalue weighted by Crippen LogP contribution is 2.28. The fourth-order valence-corrected chi connectivity index (χ4v) is 4.74. The predicted octanol–water partition coefficient (Wildman–Crippen LogP) is 1.83. The Kier molecular flexibility index (Phi) is 7.92. The van der Waals surface area contributed by atoms with Crippen molar-refractivity contribution in [2.45, 2.75) is 19.3 Å². The molecule has 0 radical (unpaired) electrons. The van der Waals surface area contributed by atoms with Gasteiger partial charge in [0, 0.05) is 13.1 Å². The SMILES string of the molecule is [O-][S+]1CCN(c2nc(NCCO)nc3c(NCCCCc4ccccc4)ncnc23)CC1. The van der Waals surface area contributed by atoms with Gasteiger partial charge in [0.05, 0.1) is 19.7 Å². The lowest BCUT2D eigenvalue weighted by atomic mass is 10.1. The molecule has 9 nitrogen and oxygen atoms in total. The van der Waals surface area contributed by atoms with E-state index in [9.17, 15) is 9.66 Å². The minimum atomic E-state index is -0.782. The lowest BCUT2D eigenvalue weighted by molar-refractivity contribution is 0.311. The molecule has 3 heterocycles. The molecule has 3 N–H and O–H groups in total. The van der Waals surface area contributed by atoms with Gasteiger partial charge in [-0.05, 0) is 24.8 Å². The highest BCUT2D eigenvalue weighted by Gasteiger charge is 2.24. The van der Waals surface area contributed by atoms with Crippen LogP contribution in [0.15, 0.2) is 36.7 Å². The first-order chi connectivity index (χ1) is 15.7. The number of nitrogens with one attached hydrogen (secondary N) is 2. The molecule has 170 valence electrons. The number of hydrogen-bond acceptors (Lipinski definition) is 9. The Balaban J connectivity index is 1.50. The van der Waals surface area contributed by atoms with Gasteiger partial charge in [-0.25, -0.2) is 15.0 Å². The first-order valence-corrected chi connectivity index (χ1v) is 12.5. The number of aliphatic hydroxyl groups is 1. The summed E-state index contributed by atoms with van der Waals surface area (Å²) >= 11 is -0.782. The van der Waals surface area contributed by atoms with E-state index in [1.807, 2.05) is 6.07 Å². The number of aryl methyl sites for hydroxylation is 1. The van der Waals surface area contributed by atoms with Crippen molar-refractivity contribution < 1.29 is 9.66 Å². The van der Waals surface area contributed by atoms with Crippen molar-refractivity contribution in [3.8, 4) is 0 Å². The Morgan fingerprint density at radius 1 is 0.969 bits per heavy atom. The van der Waals surface area contributed by atoms with E-state index in [2.05, 4.69) is 59.7 Å². The number of unbranched alkanes of at least 4 members (excludes halogenated alkanes) is 1. The second kappa shape index (κ2) is 11.3. The van der Waals surface area contributed by atoms with Gasteiger partial charge in [0.25, 0.3) is 0 Å². The van der Waals surface area contributed by atoms with Crippen LogP contribution >= 0.6 is 0 Å². The lowest BCUT2D eigenvalue weighted by Gasteiger charge is -2.29. The fraction of sp³-hybridized carbons (Fsp3) is 0.455. The summed E-state index contributed by atoms with van der Waals surface area (Å²) in [5.41, 5.74) is 2.67. The van der Waals surface area contributed by atoms with Crippen LogP contribution in [0.25, 0.3) is 11.0 Å². The van der Waals surface area contributed by atoms with Gasteiger partial charge < -0.3 is 25.2 Å². The summed E-state index contributed by atoms with van der Waals surface area (Å²) in [6.45, 7) is 2.43. The number of benzene rings is 1. The van der Waals surface area contributed by atoms with Gasteiger partial charge in [-0.15, -0.1) is 0 Å². The third-order valence-electron chi connectivity index (χ3n) is 5.36. The van der Waals surface area contributed by atoms with Crippen LogP contribution in [0.3, 0.4) is 0 Å². The number of hydrogen-bond donors (Lipinski definition) is 3. The highest BCUT2D eigenvalue weighted by atomic mass is 32.2. The van der Waals surface area contributed by atoms with Crippen molar-refractivity contribution in [3.05, 3.63) is 42.2 Å². The molecule has 0 spiro atoms. The van der Waals surface area contributed by atoms with Crippen LogP contribution in [0.2, 0.25) is 0 Å². The molecule has 0 unspecified atom stereocenters. The van der Waals surface area contributed by atoms with Crippen molar-refractivity contribution in [1.29, 1.82) is 0 Å². The van der Waals surface area contributed by atoms with E-state index in [0.29, 0.717) is 59.8 Å². The minimum absolute atomic E-state index is 0.0166.